The van der Waals surface area contributed by atoms with E-state index in [0.717, 1.165) is 16.7 Å². The van der Waals surface area contributed by atoms with E-state index in [4.69, 9.17) is 30.5 Å². The number of halogens is 1. The first-order chi connectivity index (χ1) is 13.1. The Hall–Kier alpha value is -2.86. The molecule has 2 aromatic carbocycles. The average Bonchev–Trinajstić information content (AvgIpc) is 3.22. The van der Waals surface area contributed by atoms with E-state index in [9.17, 15) is 4.79 Å². The van der Waals surface area contributed by atoms with E-state index in [1.165, 1.54) is 7.11 Å². The maximum absolute atomic E-state index is 13.2. The van der Waals surface area contributed by atoms with E-state index in [-0.39, 0.29) is 12.7 Å². The van der Waals surface area contributed by atoms with E-state index < -0.39 is 0 Å². The van der Waals surface area contributed by atoms with Gasteiger partial charge in [-0.05, 0) is 36.2 Å². The van der Waals surface area contributed by atoms with Crippen LogP contribution in [0.1, 0.15) is 27.0 Å². The molecule has 1 amide bonds. The fourth-order valence-corrected chi connectivity index (χ4v) is 4.30. The molecule has 5 rings (SSSR count). The zero-order chi connectivity index (χ0) is 18.7. The molecule has 0 aromatic heterocycles. The first kappa shape index (κ1) is 16.3. The van der Waals surface area contributed by atoms with Crippen molar-refractivity contribution in [3.8, 4) is 23.0 Å². The van der Waals surface area contributed by atoms with E-state index in [1.807, 2.05) is 18.2 Å². The molecule has 0 saturated carbocycles. The number of hydrogen-bond acceptors (Lipinski definition) is 5. The molecule has 0 fully saturated rings. The van der Waals surface area contributed by atoms with Crippen LogP contribution in [0.4, 0.5) is 0 Å². The smallest absolute Gasteiger partial charge is 0.262 e. The molecule has 0 N–H and O–H groups in total. The molecule has 7 heteroatoms. The maximum Gasteiger partial charge on any atom is 0.262 e. The summed E-state index contributed by atoms with van der Waals surface area (Å²) >= 11 is 6.83. The van der Waals surface area contributed by atoms with Crippen molar-refractivity contribution in [1.29, 1.82) is 0 Å². The topological polar surface area (TPSA) is 57.2 Å². The maximum atomic E-state index is 13.2. The molecule has 6 nitrogen and oxygen atoms in total. The van der Waals surface area contributed by atoms with Crippen molar-refractivity contribution in [2.45, 2.75) is 6.42 Å². The quantitative estimate of drug-likeness (QED) is 0.791. The number of nitrogens with zero attached hydrogens (tertiary/aromatic N) is 1. The molecule has 3 aliphatic rings. The number of fused-ring (bicyclic) bond motifs is 5. The molecular weight excluding hydrogens is 370 g/mol. The van der Waals surface area contributed by atoms with E-state index in [2.05, 4.69) is 0 Å². The molecule has 0 unspecified atom stereocenters. The van der Waals surface area contributed by atoms with E-state index >= 15 is 0 Å². The van der Waals surface area contributed by atoms with Gasteiger partial charge in [0, 0.05) is 17.7 Å². The number of methoxy groups -OCH3 is 2. The Labute approximate surface area is 160 Å². The normalized spacial score (nSPS) is 16.7. The van der Waals surface area contributed by atoms with Crippen molar-refractivity contribution in [2.75, 3.05) is 27.6 Å². The minimum atomic E-state index is -0.137. The molecule has 2 aromatic rings. The summed E-state index contributed by atoms with van der Waals surface area (Å²) < 4.78 is 21.8. The number of rotatable bonds is 2. The van der Waals surface area contributed by atoms with Crippen molar-refractivity contribution < 1.29 is 23.7 Å². The second-order valence-electron chi connectivity index (χ2n) is 6.46. The zero-order valence-electron chi connectivity index (χ0n) is 14.8. The monoisotopic (exact) mass is 385 g/mol. The highest BCUT2D eigenvalue weighted by Gasteiger charge is 2.40. The van der Waals surface area contributed by atoms with Gasteiger partial charge in [0.2, 0.25) is 6.79 Å². The van der Waals surface area contributed by atoms with Gasteiger partial charge in [0.1, 0.15) is 0 Å². The van der Waals surface area contributed by atoms with Crippen LogP contribution in [0.15, 0.2) is 24.3 Å². The van der Waals surface area contributed by atoms with Crippen LogP contribution in [0.3, 0.4) is 0 Å². The highest BCUT2D eigenvalue weighted by Crippen LogP contribution is 2.49. The summed E-state index contributed by atoms with van der Waals surface area (Å²) in [6.07, 6.45) is 0.658. The van der Waals surface area contributed by atoms with Gasteiger partial charge < -0.3 is 23.8 Å². The van der Waals surface area contributed by atoms with Gasteiger partial charge in [0.05, 0.1) is 30.5 Å². The third-order valence-corrected chi connectivity index (χ3v) is 5.56. The molecule has 27 heavy (non-hydrogen) atoms. The first-order valence-corrected chi connectivity index (χ1v) is 8.91. The molecule has 0 spiro atoms. The number of amides is 1. The number of ether oxygens (including phenoxy) is 4. The van der Waals surface area contributed by atoms with Gasteiger partial charge in [0.15, 0.2) is 23.0 Å². The van der Waals surface area contributed by atoms with Gasteiger partial charge in [-0.3, -0.25) is 4.79 Å². The summed E-state index contributed by atoms with van der Waals surface area (Å²) in [5, 5.41) is 0.514. The van der Waals surface area contributed by atoms with Crippen LogP contribution in [0.2, 0.25) is 0 Å². The van der Waals surface area contributed by atoms with Crippen LogP contribution in [0, 0.1) is 0 Å². The lowest BCUT2D eigenvalue weighted by atomic mass is 10.0. The number of carbonyl (C=O) groups is 1. The van der Waals surface area contributed by atoms with Crippen molar-refractivity contribution in [3.05, 3.63) is 46.5 Å². The fraction of sp³-hybridized carbons (Fsp3) is 0.250. The molecule has 0 aliphatic carbocycles. The lowest BCUT2D eigenvalue weighted by molar-refractivity contribution is 0.0849. The van der Waals surface area contributed by atoms with Crippen molar-refractivity contribution in [1.82, 2.24) is 4.90 Å². The second kappa shape index (κ2) is 5.82. The Balaban J connectivity index is 1.76. The summed E-state index contributed by atoms with van der Waals surface area (Å²) in [4.78, 5) is 14.9. The third kappa shape index (κ3) is 2.16. The highest BCUT2D eigenvalue weighted by atomic mass is 35.5. The van der Waals surface area contributed by atoms with Crippen molar-refractivity contribution >= 4 is 28.2 Å². The summed E-state index contributed by atoms with van der Waals surface area (Å²) in [5.41, 5.74) is 3.80. The summed E-state index contributed by atoms with van der Waals surface area (Å²) in [6.45, 7) is 0.716. The predicted molar refractivity (Wildman–Crippen MR) is 99.5 cm³/mol. The van der Waals surface area contributed by atoms with Crippen LogP contribution in [0.5, 0.6) is 23.0 Å². The highest BCUT2D eigenvalue weighted by molar-refractivity contribution is 6.53. The first-order valence-electron chi connectivity index (χ1n) is 8.54. The third-order valence-electron chi connectivity index (χ3n) is 5.18. The lowest BCUT2D eigenvalue weighted by Crippen LogP contribution is -2.25. The molecule has 0 saturated heterocycles. The van der Waals surface area contributed by atoms with Crippen LogP contribution in [0.25, 0.3) is 10.7 Å². The van der Waals surface area contributed by atoms with Gasteiger partial charge in [-0.15, -0.1) is 0 Å². The molecule has 3 aliphatic heterocycles. The molecule has 3 heterocycles. The largest absolute Gasteiger partial charge is 0.493 e. The summed E-state index contributed by atoms with van der Waals surface area (Å²) in [6, 6.07) is 7.48. The molecule has 0 atom stereocenters. The lowest BCUT2D eigenvalue weighted by Gasteiger charge is -2.16. The standard InChI is InChI=1S/C20H16ClNO5/c1-24-13-4-3-11-16(19(13)25-2)20(23)22-6-5-10-7-14-15(27-9-26-14)8-12(10)17(21)18(11)22/h3-4,7-8H,5-6,9H2,1-2H3. The summed E-state index contributed by atoms with van der Waals surface area (Å²) in [5.74, 6) is 2.18. The van der Waals surface area contributed by atoms with Crippen LogP contribution in [-0.4, -0.2) is 38.4 Å². The number of carbonyl (C=O) groups excluding carboxylic acids is 1. The average molecular weight is 386 g/mol. The van der Waals surface area contributed by atoms with E-state index in [0.29, 0.717) is 52.3 Å². The van der Waals surface area contributed by atoms with Gasteiger partial charge in [-0.2, -0.15) is 0 Å². The Morgan fingerprint density at radius 3 is 2.59 bits per heavy atom. The predicted octanol–water partition coefficient (Wildman–Crippen LogP) is 3.51. The second-order valence-corrected chi connectivity index (χ2v) is 6.83. The number of hydrogen-bond donors (Lipinski definition) is 0. The Morgan fingerprint density at radius 2 is 1.85 bits per heavy atom. The minimum absolute atomic E-state index is 0.137. The Morgan fingerprint density at radius 1 is 1.07 bits per heavy atom. The number of benzene rings is 2. The van der Waals surface area contributed by atoms with Gasteiger partial charge in [-0.25, -0.2) is 0 Å². The molecule has 0 radical (unpaired) electrons. The van der Waals surface area contributed by atoms with Crippen molar-refractivity contribution in [2.24, 2.45) is 0 Å². The van der Waals surface area contributed by atoms with Crippen molar-refractivity contribution in [3.63, 3.8) is 0 Å². The van der Waals surface area contributed by atoms with Crippen LogP contribution in [-0.2, 0) is 6.42 Å². The minimum Gasteiger partial charge on any atom is -0.493 e. The van der Waals surface area contributed by atoms with Gasteiger partial charge in [-0.1, -0.05) is 11.6 Å². The molecule has 138 valence electrons. The zero-order valence-corrected chi connectivity index (χ0v) is 15.6. The SMILES string of the molecule is COc1ccc2c(c1OC)C(=O)N1CCc3cc4c(cc3C(Cl)=C21)OCO4. The summed E-state index contributed by atoms with van der Waals surface area (Å²) in [7, 11) is 3.08. The van der Waals surface area contributed by atoms with Gasteiger partial charge in [0.25, 0.3) is 5.91 Å². The Bertz CT molecular complexity index is 1030. The molecular formula is C20H16ClNO5. The van der Waals surface area contributed by atoms with Crippen LogP contribution >= 0.6 is 11.6 Å². The van der Waals surface area contributed by atoms with Gasteiger partial charge >= 0.3 is 0 Å². The Kier molecular flexibility index (Phi) is 3.52. The van der Waals surface area contributed by atoms with Crippen LogP contribution < -0.4 is 18.9 Å². The fourth-order valence-electron chi connectivity index (χ4n) is 3.92. The molecule has 0 bridgehead atoms. The van der Waals surface area contributed by atoms with E-state index in [1.54, 1.807) is 18.1 Å².